The summed E-state index contributed by atoms with van der Waals surface area (Å²) in [4.78, 5) is 0. The van der Waals surface area contributed by atoms with E-state index in [1.54, 1.807) is 0 Å². The Labute approximate surface area is 97.4 Å². The molecule has 0 aliphatic carbocycles. The predicted octanol–water partition coefficient (Wildman–Crippen LogP) is 2.10. The number of hydrogen-bond donors (Lipinski definition) is 0. The molecule has 0 amide bonds. The second kappa shape index (κ2) is 4.44. The van der Waals surface area contributed by atoms with Gasteiger partial charge in [0.05, 0.1) is 0 Å². The fourth-order valence-corrected chi connectivity index (χ4v) is 1.67. The normalized spacial score (nSPS) is 19.5. The molecule has 2 nitrogen and oxygen atoms in total. The van der Waals surface area contributed by atoms with Gasteiger partial charge in [-0.25, -0.2) is 0 Å². The molecule has 1 aromatic carbocycles. The second-order valence-electron chi connectivity index (χ2n) is 4.99. The van der Waals surface area contributed by atoms with Gasteiger partial charge in [0.1, 0.15) is 0 Å². The molecule has 1 saturated heterocycles. The van der Waals surface area contributed by atoms with Crippen LogP contribution in [0.25, 0.3) is 6.08 Å². The Balaban J connectivity index is 2.05. The third-order valence-electron chi connectivity index (χ3n) is 2.70. The van der Waals surface area contributed by atoms with Gasteiger partial charge >= 0.3 is 7.12 Å². The smallest absolute Gasteiger partial charge is 0.407 e. The lowest BCUT2D eigenvalue weighted by atomic mass is 9.76. The lowest BCUT2D eigenvalue weighted by Crippen LogP contribution is -2.47. The van der Waals surface area contributed by atoms with Gasteiger partial charge < -0.3 is 9.31 Å². The van der Waals surface area contributed by atoms with E-state index in [0.29, 0.717) is 0 Å². The molecule has 0 radical (unpaired) electrons. The average Bonchev–Trinajstić information content (AvgIpc) is 2.29. The first kappa shape index (κ1) is 11.4. The van der Waals surface area contributed by atoms with Crippen LogP contribution in [0.4, 0.5) is 0 Å². The Hall–Kier alpha value is -1.06. The molecule has 0 spiro atoms. The molecule has 0 N–H and O–H groups in total. The molecule has 16 heavy (non-hydrogen) atoms. The van der Waals surface area contributed by atoms with Gasteiger partial charge in [0.25, 0.3) is 0 Å². The van der Waals surface area contributed by atoms with Gasteiger partial charge in [-0.15, -0.1) is 0 Å². The molecule has 0 aromatic heterocycles. The van der Waals surface area contributed by atoms with Crippen LogP contribution in [0.1, 0.15) is 19.4 Å². The van der Waals surface area contributed by atoms with Crippen molar-refractivity contribution in [3.8, 4) is 0 Å². The summed E-state index contributed by atoms with van der Waals surface area (Å²) in [5.74, 6) is 0. The summed E-state index contributed by atoms with van der Waals surface area (Å²) in [5, 5.41) is 0. The first-order valence-corrected chi connectivity index (χ1v) is 5.56. The van der Waals surface area contributed by atoms with Crippen molar-refractivity contribution in [2.75, 3.05) is 13.2 Å². The molecule has 0 bridgehead atoms. The van der Waals surface area contributed by atoms with Crippen molar-refractivity contribution in [3.05, 3.63) is 36.4 Å². The molecule has 1 heterocycles. The van der Waals surface area contributed by atoms with Gasteiger partial charge in [0, 0.05) is 18.6 Å². The van der Waals surface area contributed by atoms with Crippen LogP contribution in [0.5, 0.6) is 0 Å². The first-order chi connectivity index (χ1) is 7.61. The monoisotopic (exact) mass is 216 g/mol. The summed E-state index contributed by atoms with van der Waals surface area (Å²) < 4.78 is 11.4. The zero-order valence-corrected chi connectivity index (χ0v) is 9.90. The van der Waals surface area contributed by atoms with Gasteiger partial charge in [0.2, 0.25) is 0 Å². The van der Waals surface area contributed by atoms with E-state index in [9.17, 15) is 0 Å². The maximum absolute atomic E-state index is 5.70. The van der Waals surface area contributed by atoms with E-state index in [1.165, 1.54) is 0 Å². The lowest BCUT2D eigenvalue weighted by molar-refractivity contribution is 0.0343. The Morgan fingerprint density at radius 1 is 1.19 bits per heavy atom. The number of rotatable bonds is 2. The Morgan fingerprint density at radius 2 is 1.75 bits per heavy atom. The van der Waals surface area contributed by atoms with Crippen LogP contribution in [-0.4, -0.2) is 20.3 Å². The van der Waals surface area contributed by atoms with Crippen molar-refractivity contribution < 1.29 is 9.31 Å². The standard InChI is InChI=1S/C13H17BO2/c1-4-11-5-7-12(8-6-11)14-15-9-13(2,3)10-16-14/h4-8H,1,9-10H2,2-3H3. The molecule has 0 unspecified atom stereocenters. The molecule has 84 valence electrons. The van der Waals surface area contributed by atoms with Crippen LogP contribution < -0.4 is 5.46 Å². The average molecular weight is 216 g/mol. The zero-order chi connectivity index (χ0) is 11.6. The Morgan fingerprint density at radius 3 is 2.25 bits per heavy atom. The van der Waals surface area contributed by atoms with Gasteiger partial charge in [0.15, 0.2) is 0 Å². The minimum atomic E-state index is -0.216. The first-order valence-electron chi connectivity index (χ1n) is 5.56. The van der Waals surface area contributed by atoms with Crippen molar-refractivity contribution >= 4 is 18.7 Å². The molecule has 1 aliphatic rings. The summed E-state index contributed by atoms with van der Waals surface area (Å²) in [6, 6.07) is 8.10. The highest BCUT2D eigenvalue weighted by Crippen LogP contribution is 2.21. The van der Waals surface area contributed by atoms with Gasteiger partial charge in [-0.2, -0.15) is 0 Å². The summed E-state index contributed by atoms with van der Waals surface area (Å²) in [6.45, 7) is 9.49. The van der Waals surface area contributed by atoms with E-state index in [4.69, 9.17) is 9.31 Å². The van der Waals surface area contributed by atoms with Crippen LogP contribution in [0.15, 0.2) is 30.8 Å². The SMILES string of the molecule is C=Cc1ccc(B2OCC(C)(C)CO2)cc1. The summed E-state index contributed by atoms with van der Waals surface area (Å²) in [6.07, 6.45) is 1.83. The quantitative estimate of drug-likeness (QED) is 0.704. The van der Waals surface area contributed by atoms with E-state index in [-0.39, 0.29) is 12.5 Å². The summed E-state index contributed by atoms with van der Waals surface area (Å²) >= 11 is 0. The fraction of sp³-hybridized carbons (Fsp3) is 0.385. The summed E-state index contributed by atoms with van der Waals surface area (Å²) in [7, 11) is -0.216. The van der Waals surface area contributed by atoms with Crippen LogP contribution in [0.2, 0.25) is 0 Å². The van der Waals surface area contributed by atoms with E-state index >= 15 is 0 Å². The maximum atomic E-state index is 5.70. The van der Waals surface area contributed by atoms with E-state index in [0.717, 1.165) is 24.2 Å². The van der Waals surface area contributed by atoms with Crippen LogP contribution in [0.3, 0.4) is 0 Å². The van der Waals surface area contributed by atoms with Crippen LogP contribution >= 0.6 is 0 Å². The molecule has 1 fully saturated rings. The molecular formula is C13H17BO2. The Kier molecular flexibility index (Phi) is 3.17. The van der Waals surface area contributed by atoms with Crippen LogP contribution in [0, 0.1) is 5.41 Å². The maximum Gasteiger partial charge on any atom is 0.493 e. The molecular weight excluding hydrogens is 199 g/mol. The van der Waals surface area contributed by atoms with Gasteiger partial charge in [-0.05, 0) is 11.0 Å². The highest BCUT2D eigenvalue weighted by molar-refractivity contribution is 6.61. The molecule has 0 saturated carbocycles. The topological polar surface area (TPSA) is 18.5 Å². The highest BCUT2D eigenvalue weighted by atomic mass is 16.6. The van der Waals surface area contributed by atoms with E-state index in [2.05, 4.69) is 20.4 Å². The minimum Gasteiger partial charge on any atom is -0.407 e. The predicted molar refractivity (Wildman–Crippen MR) is 67.6 cm³/mol. The minimum absolute atomic E-state index is 0.123. The number of hydrogen-bond acceptors (Lipinski definition) is 2. The van der Waals surface area contributed by atoms with Crippen molar-refractivity contribution in [2.45, 2.75) is 13.8 Å². The van der Waals surface area contributed by atoms with Crippen molar-refractivity contribution in [2.24, 2.45) is 5.41 Å². The van der Waals surface area contributed by atoms with E-state index in [1.807, 2.05) is 30.3 Å². The van der Waals surface area contributed by atoms with Crippen LogP contribution in [-0.2, 0) is 9.31 Å². The molecule has 2 rings (SSSR count). The van der Waals surface area contributed by atoms with Gasteiger partial charge in [-0.3, -0.25) is 0 Å². The van der Waals surface area contributed by atoms with Crippen molar-refractivity contribution in [1.82, 2.24) is 0 Å². The molecule has 1 aromatic rings. The highest BCUT2D eigenvalue weighted by Gasteiger charge is 2.33. The van der Waals surface area contributed by atoms with Crippen molar-refractivity contribution in [1.29, 1.82) is 0 Å². The summed E-state index contributed by atoms with van der Waals surface area (Å²) in [5.41, 5.74) is 2.30. The Bertz CT molecular complexity index is 360. The molecule has 1 aliphatic heterocycles. The third kappa shape index (κ3) is 2.54. The largest absolute Gasteiger partial charge is 0.493 e. The number of benzene rings is 1. The lowest BCUT2D eigenvalue weighted by Gasteiger charge is -2.33. The molecule has 0 atom stereocenters. The van der Waals surface area contributed by atoms with Gasteiger partial charge in [-0.1, -0.05) is 50.8 Å². The van der Waals surface area contributed by atoms with Crippen molar-refractivity contribution in [3.63, 3.8) is 0 Å². The fourth-order valence-electron chi connectivity index (χ4n) is 1.67. The third-order valence-corrected chi connectivity index (χ3v) is 2.70. The zero-order valence-electron chi connectivity index (χ0n) is 9.90. The second-order valence-corrected chi connectivity index (χ2v) is 4.99. The molecule has 3 heteroatoms. The van der Waals surface area contributed by atoms with E-state index < -0.39 is 0 Å².